The lowest BCUT2D eigenvalue weighted by Crippen LogP contribution is -2.39. The molecule has 2 aromatic carbocycles. The first-order valence-corrected chi connectivity index (χ1v) is 12.8. The second-order valence-electron chi connectivity index (χ2n) is 9.65. The van der Waals surface area contributed by atoms with Crippen LogP contribution in [0, 0.1) is 13.5 Å². The monoisotopic (exact) mass is 495 g/mol. The summed E-state index contributed by atoms with van der Waals surface area (Å²) in [5, 5.41) is 10.6. The number of imidazole rings is 1. The third-order valence-corrected chi connectivity index (χ3v) is 7.05. The molecule has 4 aromatic rings. The van der Waals surface area contributed by atoms with Crippen LogP contribution in [0.4, 0.5) is 5.69 Å². The van der Waals surface area contributed by atoms with Gasteiger partial charge in [-0.1, -0.05) is 36.4 Å². The summed E-state index contributed by atoms with van der Waals surface area (Å²) < 4.78 is 4.43. The maximum atomic E-state index is 10.6. The Labute approximate surface area is 217 Å². The zero-order valence-electron chi connectivity index (χ0n) is 21.2. The maximum Gasteiger partial charge on any atom is 0.206 e. The molecule has 0 spiro atoms. The molecular weight excluding hydrogens is 462 g/mol. The normalized spacial score (nSPS) is 15.3. The molecule has 1 saturated heterocycles. The summed E-state index contributed by atoms with van der Waals surface area (Å²) in [5.41, 5.74) is 12.0. The predicted octanol–water partition coefficient (Wildman–Crippen LogP) is 3.82. The lowest BCUT2D eigenvalue weighted by molar-refractivity contribution is 0.217. The molecule has 0 unspecified atom stereocenters. The van der Waals surface area contributed by atoms with E-state index >= 15 is 0 Å². The van der Waals surface area contributed by atoms with Crippen molar-refractivity contribution in [1.29, 1.82) is 0 Å². The van der Waals surface area contributed by atoms with Crippen molar-refractivity contribution in [3.63, 3.8) is 0 Å². The highest BCUT2D eigenvalue weighted by Crippen LogP contribution is 2.22. The fourth-order valence-corrected chi connectivity index (χ4v) is 5.08. The number of aromatic nitrogens is 3. The summed E-state index contributed by atoms with van der Waals surface area (Å²) in [5.74, 6) is 0.186. The Bertz CT molecular complexity index is 1490. The predicted molar refractivity (Wildman–Crippen MR) is 146 cm³/mol. The molecule has 2 aromatic heterocycles. The fraction of sp³-hybridized carbons (Fsp3) is 0.345. The molecule has 1 aliphatic rings. The Kier molecular flexibility index (Phi) is 7.35. The van der Waals surface area contributed by atoms with Gasteiger partial charge in [-0.3, -0.25) is 4.98 Å². The zero-order valence-corrected chi connectivity index (χ0v) is 21.2. The van der Waals surface area contributed by atoms with Crippen LogP contribution < -0.4 is 11.4 Å². The van der Waals surface area contributed by atoms with Gasteiger partial charge in [-0.15, -0.1) is 0 Å². The van der Waals surface area contributed by atoms with Crippen LogP contribution in [0.1, 0.15) is 29.8 Å². The molecule has 0 saturated carbocycles. The van der Waals surface area contributed by atoms with E-state index in [0.29, 0.717) is 31.0 Å². The molecule has 3 heterocycles. The highest BCUT2D eigenvalue weighted by atomic mass is 16.3. The summed E-state index contributed by atoms with van der Waals surface area (Å²) >= 11 is 0. The molecule has 0 atom stereocenters. The van der Waals surface area contributed by atoms with Gasteiger partial charge in [-0.05, 0) is 49.6 Å². The lowest BCUT2D eigenvalue weighted by Gasteiger charge is -2.29. The number of hydrogen-bond donors (Lipinski definition) is 2. The Morgan fingerprint density at radius 2 is 1.68 bits per heavy atom. The van der Waals surface area contributed by atoms with Gasteiger partial charge in [-0.2, -0.15) is 0 Å². The van der Waals surface area contributed by atoms with Crippen molar-refractivity contribution in [2.75, 3.05) is 26.2 Å². The number of nitrogens with zero attached hydrogens (tertiary/aromatic N) is 6. The molecule has 0 bridgehead atoms. The highest BCUT2D eigenvalue weighted by Gasteiger charge is 2.20. The van der Waals surface area contributed by atoms with Gasteiger partial charge in [0.05, 0.1) is 36.7 Å². The number of aromatic hydroxyl groups is 1. The molecule has 3 N–H and O–H groups in total. The molecule has 0 amide bonds. The van der Waals surface area contributed by atoms with E-state index < -0.39 is 0 Å². The summed E-state index contributed by atoms with van der Waals surface area (Å²) in [6, 6.07) is 19.8. The third-order valence-electron chi connectivity index (χ3n) is 7.05. The van der Waals surface area contributed by atoms with Gasteiger partial charge in [0.2, 0.25) is 5.62 Å². The fourth-order valence-electron chi connectivity index (χ4n) is 5.08. The van der Waals surface area contributed by atoms with E-state index in [1.165, 1.54) is 0 Å². The number of fused-ring (bicyclic) bond motifs is 1. The van der Waals surface area contributed by atoms with Crippen molar-refractivity contribution in [3.05, 3.63) is 94.7 Å². The van der Waals surface area contributed by atoms with Crippen molar-refractivity contribution in [2.24, 2.45) is 10.7 Å². The van der Waals surface area contributed by atoms with Gasteiger partial charge in [0.25, 0.3) is 0 Å². The second kappa shape index (κ2) is 11.0. The summed E-state index contributed by atoms with van der Waals surface area (Å²) in [4.78, 5) is 15.9. The first kappa shape index (κ1) is 24.8. The number of aryl methyl sites for hydroxylation is 1. The molecule has 1 fully saturated rings. The van der Waals surface area contributed by atoms with Gasteiger partial charge in [0.15, 0.2) is 5.69 Å². The Morgan fingerprint density at radius 3 is 2.32 bits per heavy atom. The van der Waals surface area contributed by atoms with Gasteiger partial charge in [-0.25, -0.2) is 9.84 Å². The molecule has 0 radical (unpaired) electrons. The van der Waals surface area contributed by atoms with Gasteiger partial charge < -0.3 is 24.9 Å². The molecule has 0 aliphatic carbocycles. The van der Waals surface area contributed by atoms with Crippen molar-refractivity contribution in [3.8, 4) is 5.75 Å². The van der Waals surface area contributed by atoms with Crippen molar-refractivity contribution in [2.45, 2.75) is 38.9 Å². The minimum absolute atomic E-state index is 0.186. The third kappa shape index (κ3) is 5.43. The van der Waals surface area contributed by atoms with Crippen LogP contribution in [0.2, 0.25) is 0 Å². The molecule has 190 valence electrons. The van der Waals surface area contributed by atoms with E-state index in [1.54, 1.807) is 6.07 Å². The Balaban J connectivity index is 1.63. The lowest BCUT2D eigenvalue weighted by atomic mass is 10.1. The molecular formula is C29H33N7O. The average Bonchev–Trinajstić information content (AvgIpc) is 3.20. The maximum absolute atomic E-state index is 10.6. The Morgan fingerprint density at radius 1 is 1.00 bits per heavy atom. The van der Waals surface area contributed by atoms with Gasteiger partial charge in [0.1, 0.15) is 11.4 Å². The van der Waals surface area contributed by atoms with Crippen molar-refractivity contribution in [1.82, 2.24) is 19.0 Å². The first-order valence-electron chi connectivity index (χ1n) is 12.8. The largest absolute Gasteiger partial charge is 0.506 e. The SMILES string of the molecule is [C-]#[N+]c1ccc(Cn2c(=NC3CCN(CCN)CC3)n(Cc3nc(C)ccc3O)c3ccccc32)cc1. The molecule has 37 heavy (non-hydrogen) atoms. The van der Waals surface area contributed by atoms with Crippen LogP contribution in [0.5, 0.6) is 5.75 Å². The van der Waals surface area contributed by atoms with Crippen LogP contribution in [0.3, 0.4) is 0 Å². The van der Waals surface area contributed by atoms with Gasteiger partial charge >= 0.3 is 0 Å². The second-order valence-corrected chi connectivity index (χ2v) is 9.65. The van der Waals surface area contributed by atoms with Gasteiger partial charge in [0, 0.05) is 31.9 Å². The highest BCUT2D eigenvalue weighted by molar-refractivity contribution is 5.76. The quantitative estimate of drug-likeness (QED) is 0.382. The standard InChI is InChI=1S/C29H33N7O/c1-21-7-12-28(37)25(32-21)20-36-27-6-4-3-5-26(27)35(19-22-8-10-23(31-2)11-9-22)29(36)33-24-13-16-34(17-14-24)18-15-30/h3-12,24,37H,13-20,30H2,1H3. The van der Waals surface area contributed by atoms with E-state index in [2.05, 4.69) is 36.0 Å². The first-order chi connectivity index (χ1) is 18.1. The number of benzene rings is 2. The van der Waals surface area contributed by atoms with Crippen LogP contribution in [-0.4, -0.2) is 56.3 Å². The molecule has 8 nitrogen and oxygen atoms in total. The smallest absolute Gasteiger partial charge is 0.206 e. The van der Waals surface area contributed by atoms with E-state index in [4.69, 9.17) is 17.3 Å². The van der Waals surface area contributed by atoms with Crippen LogP contribution >= 0.6 is 0 Å². The minimum Gasteiger partial charge on any atom is -0.506 e. The molecule has 8 heteroatoms. The minimum atomic E-state index is 0.186. The number of hydrogen-bond acceptors (Lipinski definition) is 5. The van der Waals surface area contributed by atoms with E-state index in [1.807, 2.05) is 49.4 Å². The van der Waals surface area contributed by atoms with Crippen LogP contribution in [0.25, 0.3) is 15.9 Å². The number of nitrogens with two attached hydrogens (primary N) is 1. The topological polar surface area (TPSA) is 89.0 Å². The van der Waals surface area contributed by atoms with Crippen LogP contribution in [0.15, 0.2) is 65.7 Å². The number of rotatable bonds is 7. The van der Waals surface area contributed by atoms with Crippen LogP contribution in [-0.2, 0) is 13.1 Å². The summed E-state index contributed by atoms with van der Waals surface area (Å²) in [6.45, 7) is 13.8. The average molecular weight is 496 g/mol. The van der Waals surface area contributed by atoms with E-state index in [-0.39, 0.29) is 11.8 Å². The summed E-state index contributed by atoms with van der Waals surface area (Å²) in [7, 11) is 0. The molecule has 5 rings (SSSR count). The van der Waals surface area contributed by atoms with E-state index in [9.17, 15) is 5.11 Å². The number of pyridine rings is 1. The van der Waals surface area contributed by atoms with E-state index in [0.717, 1.165) is 60.4 Å². The number of likely N-dealkylation sites (tertiary alicyclic amines) is 1. The van der Waals surface area contributed by atoms with Crippen molar-refractivity contribution < 1.29 is 5.11 Å². The zero-order chi connectivity index (χ0) is 25.8. The van der Waals surface area contributed by atoms with Crippen molar-refractivity contribution >= 4 is 16.7 Å². The Hall–Kier alpha value is -3.93. The number of piperidine rings is 1. The number of para-hydroxylation sites is 2. The molecule has 1 aliphatic heterocycles. The summed E-state index contributed by atoms with van der Waals surface area (Å²) in [6.07, 6.45) is 1.96.